The number of hydrogen-bond acceptors (Lipinski definition) is 2. The summed E-state index contributed by atoms with van der Waals surface area (Å²) >= 11 is 0. The van der Waals surface area contributed by atoms with Gasteiger partial charge < -0.3 is 10.2 Å². The summed E-state index contributed by atoms with van der Waals surface area (Å²) in [5, 5.41) is 17.7. The Hall–Kier alpha value is 0.729. The highest BCUT2D eigenvalue weighted by atomic mass is 27.0. The molecule has 23 heavy (non-hydrogen) atoms. The normalized spacial score (nSPS) is 11.4. The first kappa shape index (κ1) is 28.5. The van der Waals surface area contributed by atoms with Crippen LogP contribution >= 0.6 is 0 Å². The zero-order valence-electron chi connectivity index (χ0n) is 14.0. The van der Waals surface area contributed by atoms with Crippen molar-refractivity contribution in [2.75, 3.05) is 0 Å². The summed E-state index contributed by atoms with van der Waals surface area (Å²) in [5.74, 6) is -1.09. The second-order valence-corrected chi connectivity index (χ2v) is 6.24. The maximum absolute atomic E-state index is 10.4. The minimum absolute atomic E-state index is 0. The molecule has 2 N–H and O–H groups in total. The topological polar surface area (TPSA) is 57.5 Å². The van der Waals surface area contributed by atoms with Crippen LogP contribution in [0.3, 0.4) is 0 Å². The molecule has 0 radical (unpaired) electrons. The molecule has 0 saturated carbocycles. The van der Waals surface area contributed by atoms with Crippen LogP contribution in [0.4, 0.5) is 0 Å². The fourth-order valence-corrected chi connectivity index (χ4v) is 2.66. The Kier molecular flexibility index (Phi) is 28.2. The summed E-state index contributed by atoms with van der Waals surface area (Å²) in [6, 6.07) is 0. The molecular weight excluding hydrogens is 315 g/mol. The highest BCUT2D eigenvalue weighted by molar-refractivity contribution is 5.76. The van der Waals surface area contributed by atoms with E-state index in [2.05, 4.69) is 6.92 Å². The van der Waals surface area contributed by atoms with E-state index in [1.165, 1.54) is 77.0 Å². The first-order chi connectivity index (χ1) is 10.2. The van der Waals surface area contributed by atoms with E-state index in [0.29, 0.717) is 6.42 Å². The molecule has 1 unspecified atom stereocenters. The Morgan fingerprint density at radius 1 is 0.739 bits per heavy atom. The molecule has 136 valence electrons. The van der Waals surface area contributed by atoms with Crippen molar-refractivity contribution in [3.63, 3.8) is 0 Å². The zero-order chi connectivity index (χ0) is 15.8. The van der Waals surface area contributed by atoms with Crippen LogP contribution < -0.4 is 0 Å². The number of unbranched alkanes of at least 4 members (excludes halogenated alkanes) is 13. The average molecular weight is 357 g/mol. The van der Waals surface area contributed by atoms with Crippen LogP contribution in [-0.4, -0.2) is 62.7 Å². The summed E-state index contributed by atoms with van der Waals surface area (Å²) < 4.78 is 0. The monoisotopic (exact) mass is 356 g/mol. The van der Waals surface area contributed by atoms with Crippen molar-refractivity contribution < 1.29 is 15.0 Å². The van der Waals surface area contributed by atoms with Crippen molar-refractivity contribution in [2.24, 2.45) is 0 Å². The van der Waals surface area contributed by atoms with Crippen molar-refractivity contribution >= 4 is 46.4 Å². The number of hydrogen-bond donors (Lipinski definition) is 2. The first-order valence-electron chi connectivity index (χ1n) is 9.09. The molecule has 0 aliphatic rings. The number of carbonyl (C=O) groups is 1. The third kappa shape index (κ3) is 22.7. The molecule has 0 aromatic rings. The highest BCUT2D eigenvalue weighted by Gasteiger charge is 2.11. The molecule has 0 fully saturated rings. The van der Waals surface area contributed by atoms with E-state index in [4.69, 9.17) is 10.2 Å². The van der Waals surface area contributed by atoms with Gasteiger partial charge in [-0.2, -0.15) is 0 Å². The molecule has 1 atom stereocenters. The lowest BCUT2D eigenvalue weighted by atomic mass is 10.0. The largest absolute Gasteiger partial charge is 0.479 e. The lowest BCUT2D eigenvalue weighted by molar-refractivity contribution is -0.146. The van der Waals surface area contributed by atoms with Gasteiger partial charge in [-0.1, -0.05) is 96.8 Å². The molecule has 0 aliphatic heterocycles. The minimum atomic E-state index is -1.16. The Labute approximate surface area is 170 Å². The molecule has 0 aliphatic carbocycles. The Balaban J connectivity index is -0.00000200. The third-order valence-electron chi connectivity index (χ3n) is 4.12. The fraction of sp³-hybridized carbons (Fsp3) is 0.944. The molecule has 5 heteroatoms. The highest BCUT2D eigenvalue weighted by Crippen LogP contribution is 2.13. The van der Waals surface area contributed by atoms with Gasteiger partial charge >= 0.3 is 29.0 Å². The molecule has 0 saturated heterocycles. The zero-order valence-corrected chi connectivity index (χ0v) is 14.0. The number of carboxylic acids is 1. The van der Waals surface area contributed by atoms with Gasteiger partial charge in [-0.25, -0.2) is 4.79 Å². The second-order valence-electron chi connectivity index (χ2n) is 6.24. The van der Waals surface area contributed by atoms with E-state index >= 15 is 0 Å². The number of carboxylic acid groups (broad SMARTS) is 1. The summed E-state index contributed by atoms with van der Waals surface area (Å²) in [6.45, 7) is 2.26. The quantitative estimate of drug-likeness (QED) is 0.330. The third-order valence-corrected chi connectivity index (χ3v) is 4.12. The second kappa shape index (κ2) is 22.7. The Morgan fingerprint density at radius 3 is 1.35 bits per heavy atom. The molecule has 0 bridgehead atoms. The van der Waals surface area contributed by atoms with E-state index in [1.54, 1.807) is 0 Å². The van der Waals surface area contributed by atoms with Gasteiger partial charge in [0.05, 0.1) is 0 Å². The van der Waals surface area contributed by atoms with Gasteiger partial charge in [-0.05, 0) is 6.42 Å². The van der Waals surface area contributed by atoms with Gasteiger partial charge in [0.25, 0.3) is 0 Å². The van der Waals surface area contributed by atoms with Crippen LogP contribution in [0.15, 0.2) is 0 Å². The number of aliphatic hydroxyl groups is 1. The van der Waals surface area contributed by atoms with Crippen molar-refractivity contribution in [3.05, 3.63) is 0 Å². The van der Waals surface area contributed by atoms with Crippen LogP contribution in [0.25, 0.3) is 0 Å². The van der Waals surface area contributed by atoms with Crippen LogP contribution in [-0.2, 0) is 4.79 Å². The molecule has 0 amide bonds. The molecule has 0 heterocycles. The number of aliphatic carboxylic acids is 1. The smallest absolute Gasteiger partial charge is 0.332 e. The van der Waals surface area contributed by atoms with Crippen LogP contribution in [0, 0.1) is 0 Å². The predicted octanol–water partition coefficient (Wildman–Crippen LogP) is 3.20. The van der Waals surface area contributed by atoms with Crippen LogP contribution in [0.5, 0.6) is 0 Å². The van der Waals surface area contributed by atoms with Gasteiger partial charge in [-0.15, -0.1) is 0 Å². The predicted molar refractivity (Wildman–Crippen MR) is 107 cm³/mol. The molecule has 0 aromatic carbocycles. The summed E-state index contributed by atoms with van der Waals surface area (Å²) in [6.07, 6.45) is 17.3. The Bertz CT molecular complexity index is 240. The maximum Gasteiger partial charge on any atom is 0.332 e. The van der Waals surface area contributed by atoms with Crippen molar-refractivity contribution in [1.29, 1.82) is 0 Å². The van der Waals surface area contributed by atoms with Gasteiger partial charge in [0, 0.05) is 0 Å². The summed E-state index contributed by atoms with van der Waals surface area (Å²) in [5.41, 5.74) is 0. The molecule has 0 aromatic heterocycles. The van der Waals surface area contributed by atoms with Crippen LogP contribution in [0.1, 0.15) is 103 Å². The van der Waals surface area contributed by atoms with E-state index in [1.807, 2.05) is 0 Å². The standard InChI is InChI=1S/C18H36O3.Al.Mg.5H/c1-2-3-4-5-6-7-8-9-10-11-12-13-14-15-16-17(19)18(20)21;;;;;;;/h17,19H,2-16H2,1H3,(H,20,21);;;;;;;. The number of aliphatic hydroxyl groups excluding tert-OH is 1. The van der Waals surface area contributed by atoms with E-state index in [9.17, 15) is 4.79 Å². The van der Waals surface area contributed by atoms with Crippen molar-refractivity contribution in [3.8, 4) is 0 Å². The van der Waals surface area contributed by atoms with E-state index < -0.39 is 12.1 Å². The molecular formula is C18H41AlMgO3. The summed E-state index contributed by atoms with van der Waals surface area (Å²) in [4.78, 5) is 10.4. The van der Waals surface area contributed by atoms with E-state index in [0.717, 1.165) is 12.8 Å². The van der Waals surface area contributed by atoms with Crippen molar-refractivity contribution in [1.82, 2.24) is 0 Å². The van der Waals surface area contributed by atoms with Gasteiger partial charge in [0.2, 0.25) is 0 Å². The molecule has 0 spiro atoms. The van der Waals surface area contributed by atoms with Gasteiger partial charge in [0.1, 0.15) is 0 Å². The lowest BCUT2D eigenvalue weighted by Gasteiger charge is -2.05. The van der Waals surface area contributed by atoms with E-state index in [-0.39, 0.29) is 40.4 Å². The summed E-state index contributed by atoms with van der Waals surface area (Å²) in [7, 11) is 0. The molecule has 0 rings (SSSR count). The average Bonchev–Trinajstić information content (AvgIpc) is 2.47. The SMILES string of the molecule is CCCCCCCCCCCCCCCCC(O)C(=O)O.[AlH3].[MgH2]. The fourth-order valence-electron chi connectivity index (χ4n) is 2.66. The minimum Gasteiger partial charge on any atom is -0.479 e. The number of rotatable bonds is 16. The molecule has 3 nitrogen and oxygen atoms in total. The maximum atomic E-state index is 10.4. The lowest BCUT2D eigenvalue weighted by Crippen LogP contribution is -2.18. The first-order valence-corrected chi connectivity index (χ1v) is 9.09. The Morgan fingerprint density at radius 2 is 1.04 bits per heavy atom. The van der Waals surface area contributed by atoms with Crippen molar-refractivity contribution in [2.45, 2.75) is 109 Å². The van der Waals surface area contributed by atoms with Gasteiger partial charge in [0.15, 0.2) is 23.5 Å². The van der Waals surface area contributed by atoms with Gasteiger partial charge in [-0.3, -0.25) is 0 Å². The van der Waals surface area contributed by atoms with Crippen LogP contribution in [0.2, 0.25) is 0 Å².